The Hall–Kier alpha value is -1.32. The lowest BCUT2D eigenvalue weighted by molar-refractivity contribution is -0.290. The van der Waals surface area contributed by atoms with Crippen LogP contribution in [0.5, 0.6) is 0 Å². The van der Waals surface area contributed by atoms with Crippen molar-refractivity contribution in [3.05, 3.63) is 11.9 Å². The van der Waals surface area contributed by atoms with Crippen LogP contribution >= 0.6 is 0 Å². The van der Waals surface area contributed by atoms with Gasteiger partial charge in [0.1, 0.15) is 0 Å². The molecule has 1 aromatic rings. The predicted molar refractivity (Wildman–Crippen MR) is 43.5 cm³/mol. The molecule has 0 amide bonds. The third-order valence-corrected chi connectivity index (χ3v) is 2.16. The summed E-state index contributed by atoms with van der Waals surface area (Å²) in [5.74, 6) is -3.65. The molecular formula is C7H8F6N4. The van der Waals surface area contributed by atoms with Gasteiger partial charge in [-0.2, -0.15) is 26.3 Å². The molecule has 4 nitrogen and oxygen atoms in total. The zero-order valence-electron chi connectivity index (χ0n) is 8.42. The fraction of sp³-hybridized carbons (Fsp3) is 0.714. The summed E-state index contributed by atoms with van der Waals surface area (Å²) < 4.78 is 74.8. The molecule has 0 radical (unpaired) electrons. The molecule has 0 saturated carbocycles. The molecular weight excluding hydrogens is 254 g/mol. The van der Waals surface area contributed by atoms with Crippen LogP contribution in [0.25, 0.3) is 0 Å². The molecule has 1 rings (SSSR count). The van der Waals surface area contributed by atoms with Crippen LogP contribution in [0.3, 0.4) is 0 Å². The number of aromatic nitrogens is 3. The van der Waals surface area contributed by atoms with Gasteiger partial charge in [-0.25, -0.2) is 0 Å². The Morgan fingerprint density at radius 1 is 1.18 bits per heavy atom. The fourth-order valence-corrected chi connectivity index (χ4v) is 1.36. The first-order valence-corrected chi connectivity index (χ1v) is 4.28. The smallest absolute Gasteiger partial charge is 0.322 e. The average molecular weight is 262 g/mol. The van der Waals surface area contributed by atoms with Crippen molar-refractivity contribution in [2.45, 2.75) is 18.4 Å². The predicted octanol–water partition coefficient (Wildman–Crippen LogP) is 1.56. The van der Waals surface area contributed by atoms with Gasteiger partial charge in [0.25, 0.3) is 0 Å². The number of aryl methyl sites for hydroxylation is 1. The van der Waals surface area contributed by atoms with Crippen molar-refractivity contribution < 1.29 is 26.3 Å². The number of hydrogen-bond acceptors (Lipinski definition) is 3. The average Bonchev–Trinajstić information content (AvgIpc) is 2.45. The van der Waals surface area contributed by atoms with Gasteiger partial charge in [0, 0.05) is 7.05 Å². The van der Waals surface area contributed by atoms with Crippen LogP contribution in [0.4, 0.5) is 26.3 Å². The van der Waals surface area contributed by atoms with Crippen LogP contribution in [-0.4, -0.2) is 27.3 Å². The minimum Gasteiger partial charge on any atom is -0.322 e. The van der Waals surface area contributed by atoms with Crippen molar-refractivity contribution in [3.63, 3.8) is 0 Å². The van der Waals surface area contributed by atoms with Crippen LogP contribution < -0.4 is 5.73 Å². The van der Waals surface area contributed by atoms with E-state index < -0.39 is 30.0 Å². The minimum absolute atomic E-state index is 0.440. The van der Waals surface area contributed by atoms with Crippen LogP contribution in [0.1, 0.15) is 11.7 Å². The molecule has 0 aliphatic rings. The van der Waals surface area contributed by atoms with Gasteiger partial charge in [-0.1, -0.05) is 5.21 Å². The maximum absolute atomic E-state index is 12.3. The van der Waals surface area contributed by atoms with Crippen molar-refractivity contribution in [1.29, 1.82) is 0 Å². The molecule has 0 spiro atoms. The second-order valence-corrected chi connectivity index (χ2v) is 3.37. The Bertz CT molecular complexity index is 366. The molecule has 1 heterocycles. The van der Waals surface area contributed by atoms with E-state index in [9.17, 15) is 26.3 Å². The topological polar surface area (TPSA) is 56.7 Å². The van der Waals surface area contributed by atoms with E-state index in [1.165, 1.54) is 0 Å². The van der Waals surface area contributed by atoms with Crippen molar-refractivity contribution in [1.82, 2.24) is 15.0 Å². The Morgan fingerprint density at radius 2 is 1.65 bits per heavy atom. The quantitative estimate of drug-likeness (QED) is 0.823. The summed E-state index contributed by atoms with van der Waals surface area (Å²) in [6.45, 7) is 0. The highest BCUT2D eigenvalue weighted by atomic mass is 19.4. The van der Waals surface area contributed by atoms with Crippen LogP contribution in [0, 0.1) is 5.92 Å². The zero-order valence-corrected chi connectivity index (χ0v) is 8.42. The van der Waals surface area contributed by atoms with E-state index in [1.807, 2.05) is 0 Å². The number of hydrogen-bond donors (Lipinski definition) is 1. The Balaban J connectivity index is 3.13. The van der Waals surface area contributed by atoms with Crippen LogP contribution in [-0.2, 0) is 7.05 Å². The molecule has 10 heteroatoms. The summed E-state index contributed by atoms with van der Waals surface area (Å²) in [6.07, 6.45) is -10.2. The SMILES string of the molecule is Cn1nncc1C(N)C(C(F)(F)F)C(F)(F)F. The van der Waals surface area contributed by atoms with Gasteiger partial charge in [0.05, 0.1) is 17.9 Å². The molecule has 0 fully saturated rings. The van der Waals surface area contributed by atoms with Gasteiger partial charge in [-0.05, 0) is 0 Å². The molecule has 1 aromatic heterocycles. The molecule has 0 aliphatic heterocycles. The van der Waals surface area contributed by atoms with Gasteiger partial charge in [0.2, 0.25) is 0 Å². The van der Waals surface area contributed by atoms with Crippen LogP contribution in [0.15, 0.2) is 6.20 Å². The molecule has 2 N–H and O–H groups in total. The van der Waals surface area contributed by atoms with E-state index in [0.29, 0.717) is 0 Å². The van der Waals surface area contributed by atoms with Crippen molar-refractivity contribution in [3.8, 4) is 0 Å². The highest BCUT2D eigenvalue weighted by Gasteiger charge is 2.60. The van der Waals surface area contributed by atoms with Crippen LogP contribution in [0.2, 0.25) is 0 Å². The van der Waals surface area contributed by atoms with Crippen molar-refractivity contribution in [2.75, 3.05) is 0 Å². The van der Waals surface area contributed by atoms with E-state index in [1.54, 1.807) is 0 Å². The van der Waals surface area contributed by atoms with Gasteiger partial charge in [0.15, 0.2) is 5.92 Å². The van der Waals surface area contributed by atoms with Gasteiger partial charge < -0.3 is 5.73 Å². The van der Waals surface area contributed by atoms with Crippen molar-refractivity contribution in [2.24, 2.45) is 18.7 Å². The number of nitrogens with zero attached hydrogens (tertiary/aromatic N) is 3. The van der Waals surface area contributed by atoms with E-state index in [0.717, 1.165) is 17.9 Å². The Morgan fingerprint density at radius 3 is 1.94 bits per heavy atom. The van der Waals surface area contributed by atoms with Gasteiger partial charge >= 0.3 is 12.4 Å². The number of halogens is 6. The molecule has 0 bridgehead atoms. The normalized spacial score (nSPS) is 15.4. The lowest BCUT2D eigenvalue weighted by Crippen LogP contribution is -2.44. The van der Waals surface area contributed by atoms with Crippen molar-refractivity contribution >= 4 is 0 Å². The molecule has 98 valence electrons. The standard InChI is InChI=1S/C7H8F6N4/c1-17-3(2-15-16-17)4(14)5(6(8,9)10)7(11,12)13/h2,4-5H,14H2,1H3. The zero-order chi connectivity index (χ0) is 13.4. The van der Waals surface area contributed by atoms with Gasteiger partial charge in [-0.15, -0.1) is 5.10 Å². The number of alkyl halides is 6. The first-order chi connectivity index (χ1) is 7.55. The summed E-state index contributed by atoms with van der Waals surface area (Å²) in [5, 5.41) is 6.42. The number of rotatable bonds is 2. The second-order valence-electron chi connectivity index (χ2n) is 3.37. The van der Waals surface area contributed by atoms with Gasteiger partial charge in [-0.3, -0.25) is 4.68 Å². The molecule has 1 atom stereocenters. The largest absolute Gasteiger partial charge is 0.402 e. The highest BCUT2D eigenvalue weighted by molar-refractivity contribution is 5.05. The fourth-order valence-electron chi connectivity index (χ4n) is 1.36. The molecule has 17 heavy (non-hydrogen) atoms. The molecule has 0 aliphatic carbocycles. The lowest BCUT2D eigenvalue weighted by Gasteiger charge is -2.27. The monoisotopic (exact) mass is 262 g/mol. The summed E-state index contributed by atoms with van der Waals surface area (Å²) in [5.41, 5.74) is 4.58. The minimum atomic E-state index is -5.48. The van der Waals surface area contributed by atoms with E-state index in [4.69, 9.17) is 5.73 Å². The Labute approximate surface area is 91.4 Å². The Kier molecular flexibility index (Phi) is 3.37. The number of nitrogens with two attached hydrogens (primary N) is 1. The summed E-state index contributed by atoms with van der Waals surface area (Å²) >= 11 is 0. The third kappa shape index (κ3) is 2.87. The molecule has 1 unspecified atom stereocenters. The second kappa shape index (κ2) is 4.17. The summed E-state index contributed by atoms with van der Waals surface area (Å²) in [7, 11) is 1.16. The lowest BCUT2D eigenvalue weighted by atomic mass is 9.96. The first-order valence-electron chi connectivity index (χ1n) is 4.28. The van der Waals surface area contributed by atoms with E-state index in [-0.39, 0.29) is 0 Å². The first kappa shape index (κ1) is 13.7. The maximum Gasteiger partial charge on any atom is 0.402 e. The third-order valence-electron chi connectivity index (χ3n) is 2.16. The summed E-state index contributed by atoms with van der Waals surface area (Å²) in [4.78, 5) is 0. The highest BCUT2D eigenvalue weighted by Crippen LogP contribution is 2.45. The molecule has 0 saturated heterocycles. The maximum atomic E-state index is 12.3. The molecule has 0 aromatic carbocycles. The summed E-state index contributed by atoms with van der Waals surface area (Å²) in [6, 6.07) is -2.30. The van der Waals surface area contributed by atoms with E-state index in [2.05, 4.69) is 10.3 Å². The van der Waals surface area contributed by atoms with E-state index >= 15 is 0 Å².